The molecule has 1 aliphatic rings. The molecular weight excluding hydrogens is 296 g/mol. The van der Waals surface area contributed by atoms with Crippen LogP contribution in [0.2, 0.25) is 0 Å². The third-order valence-corrected chi connectivity index (χ3v) is 4.40. The van der Waals surface area contributed by atoms with E-state index in [-0.39, 0.29) is 13.2 Å². The van der Waals surface area contributed by atoms with Crippen molar-refractivity contribution in [1.82, 2.24) is 9.55 Å². The zero-order valence-corrected chi connectivity index (χ0v) is 13.5. The summed E-state index contributed by atoms with van der Waals surface area (Å²) in [5.41, 5.74) is 1.87. The van der Waals surface area contributed by atoms with Gasteiger partial charge in [0.25, 0.3) is 0 Å². The van der Waals surface area contributed by atoms with Crippen LogP contribution in [0.15, 0.2) is 12.1 Å². The number of aromatic nitrogens is 2. The third kappa shape index (κ3) is 2.98. The second-order valence-electron chi connectivity index (χ2n) is 5.83. The van der Waals surface area contributed by atoms with Crippen LogP contribution < -0.4 is 9.47 Å². The molecule has 1 aromatic heterocycles. The highest BCUT2D eigenvalue weighted by atomic mass is 16.7. The maximum Gasteiger partial charge on any atom is 0.303 e. The molecule has 0 amide bonds. The summed E-state index contributed by atoms with van der Waals surface area (Å²) in [4.78, 5) is 15.6. The molecule has 0 bridgehead atoms. The van der Waals surface area contributed by atoms with E-state index in [9.17, 15) is 4.79 Å². The molecule has 1 aromatic carbocycles. The molecule has 0 atom stereocenters. The molecule has 3 rings (SSSR count). The van der Waals surface area contributed by atoms with E-state index in [4.69, 9.17) is 19.6 Å². The van der Waals surface area contributed by atoms with Crippen LogP contribution in [0.4, 0.5) is 0 Å². The minimum absolute atomic E-state index is 0.159. The van der Waals surface area contributed by atoms with E-state index in [1.54, 1.807) is 0 Å². The predicted molar refractivity (Wildman–Crippen MR) is 86.0 cm³/mol. The minimum atomic E-state index is -0.767. The molecule has 0 spiro atoms. The highest BCUT2D eigenvalue weighted by molar-refractivity contribution is 5.81. The lowest BCUT2D eigenvalue weighted by molar-refractivity contribution is -0.137. The Kier molecular flexibility index (Phi) is 4.41. The summed E-state index contributed by atoms with van der Waals surface area (Å²) in [7, 11) is 0. The Hall–Kier alpha value is -2.24. The molecule has 124 valence electrons. The Morgan fingerprint density at radius 1 is 1.30 bits per heavy atom. The van der Waals surface area contributed by atoms with Crippen LogP contribution in [0.1, 0.15) is 51.3 Å². The molecule has 2 heterocycles. The van der Waals surface area contributed by atoms with Crippen LogP contribution in [0.5, 0.6) is 11.5 Å². The van der Waals surface area contributed by atoms with Gasteiger partial charge in [-0.15, -0.1) is 0 Å². The molecule has 1 aliphatic heterocycles. The number of imidazole rings is 1. The van der Waals surface area contributed by atoms with Gasteiger partial charge in [-0.2, -0.15) is 0 Å². The third-order valence-electron chi connectivity index (χ3n) is 4.40. The molecule has 2 aromatic rings. The summed E-state index contributed by atoms with van der Waals surface area (Å²) < 4.78 is 13.1. The summed E-state index contributed by atoms with van der Waals surface area (Å²) in [5, 5.41) is 8.89. The van der Waals surface area contributed by atoms with Crippen molar-refractivity contribution in [3.05, 3.63) is 18.0 Å². The average Bonchev–Trinajstić information content (AvgIpc) is 3.11. The van der Waals surface area contributed by atoms with E-state index < -0.39 is 5.97 Å². The monoisotopic (exact) mass is 318 g/mol. The lowest BCUT2D eigenvalue weighted by Gasteiger charge is -2.15. The number of ether oxygens (including phenoxy) is 2. The number of benzene rings is 1. The average molecular weight is 318 g/mol. The number of hydrogen-bond donors (Lipinski definition) is 1. The summed E-state index contributed by atoms with van der Waals surface area (Å²) in [5.74, 6) is 2.08. The Morgan fingerprint density at radius 2 is 2.00 bits per heavy atom. The largest absolute Gasteiger partial charge is 0.481 e. The van der Waals surface area contributed by atoms with Crippen molar-refractivity contribution in [2.24, 2.45) is 0 Å². The highest BCUT2D eigenvalue weighted by Gasteiger charge is 2.22. The molecule has 0 aliphatic carbocycles. The number of carbonyl (C=O) groups is 1. The van der Waals surface area contributed by atoms with Crippen LogP contribution in [0.25, 0.3) is 11.0 Å². The molecule has 6 heteroatoms. The van der Waals surface area contributed by atoms with Crippen molar-refractivity contribution in [1.29, 1.82) is 0 Å². The van der Waals surface area contributed by atoms with Crippen molar-refractivity contribution in [2.45, 2.75) is 52.0 Å². The second kappa shape index (κ2) is 6.48. The SMILES string of the molecule is CCC(CC)c1nc2cc3c(cc2n1CCCC(=O)O)OCO3. The lowest BCUT2D eigenvalue weighted by Crippen LogP contribution is -2.10. The number of aliphatic carboxylic acids is 1. The van der Waals surface area contributed by atoms with E-state index in [2.05, 4.69) is 18.4 Å². The van der Waals surface area contributed by atoms with Crippen molar-refractivity contribution < 1.29 is 19.4 Å². The maximum atomic E-state index is 10.8. The Morgan fingerprint density at radius 3 is 2.65 bits per heavy atom. The van der Waals surface area contributed by atoms with Crippen molar-refractivity contribution in [2.75, 3.05) is 6.79 Å². The van der Waals surface area contributed by atoms with Gasteiger partial charge in [0.15, 0.2) is 11.5 Å². The van der Waals surface area contributed by atoms with E-state index in [1.165, 1.54) is 0 Å². The van der Waals surface area contributed by atoms with Gasteiger partial charge < -0.3 is 19.1 Å². The van der Waals surface area contributed by atoms with Gasteiger partial charge in [-0.3, -0.25) is 4.79 Å². The molecular formula is C17H22N2O4. The van der Waals surface area contributed by atoms with Gasteiger partial charge in [0, 0.05) is 31.0 Å². The molecule has 23 heavy (non-hydrogen) atoms. The number of carboxylic acid groups (broad SMARTS) is 1. The van der Waals surface area contributed by atoms with Gasteiger partial charge in [-0.25, -0.2) is 4.98 Å². The van der Waals surface area contributed by atoms with E-state index in [0.717, 1.165) is 41.2 Å². The smallest absolute Gasteiger partial charge is 0.303 e. The van der Waals surface area contributed by atoms with Gasteiger partial charge in [0.1, 0.15) is 5.82 Å². The number of hydrogen-bond acceptors (Lipinski definition) is 4. The topological polar surface area (TPSA) is 73.6 Å². The fourth-order valence-corrected chi connectivity index (χ4v) is 3.12. The standard InChI is InChI=1S/C17H22N2O4/c1-3-11(4-2)17-18-12-8-14-15(23-10-22-14)9-13(12)19(17)7-5-6-16(20)21/h8-9,11H,3-7,10H2,1-2H3,(H,20,21). The number of carboxylic acids is 1. The molecule has 0 unspecified atom stereocenters. The van der Waals surface area contributed by atoms with Crippen LogP contribution in [-0.2, 0) is 11.3 Å². The van der Waals surface area contributed by atoms with Crippen molar-refractivity contribution in [3.8, 4) is 11.5 Å². The number of rotatable bonds is 7. The first-order chi connectivity index (χ1) is 11.1. The first-order valence-electron chi connectivity index (χ1n) is 8.15. The second-order valence-corrected chi connectivity index (χ2v) is 5.83. The fraction of sp³-hybridized carbons (Fsp3) is 0.529. The summed E-state index contributed by atoms with van der Waals surface area (Å²) in [6.07, 6.45) is 2.76. The van der Waals surface area contributed by atoms with Crippen molar-refractivity contribution >= 4 is 17.0 Å². The first-order valence-corrected chi connectivity index (χ1v) is 8.15. The maximum absolute atomic E-state index is 10.8. The summed E-state index contributed by atoms with van der Waals surface area (Å²) >= 11 is 0. The highest BCUT2D eigenvalue weighted by Crippen LogP contribution is 2.37. The Labute approximate surface area is 135 Å². The molecule has 0 saturated carbocycles. The first kappa shape index (κ1) is 15.6. The zero-order chi connectivity index (χ0) is 16.4. The number of nitrogens with zero attached hydrogens (tertiary/aromatic N) is 2. The number of aryl methyl sites for hydroxylation is 1. The Bertz CT molecular complexity index is 719. The van der Waals surface area contributed by atoms with Gasteiger partial charge in [-0.1, -0.05) is 13.8 Å². The van der Waals surface area contributed by atoms with Gasteiger partial charge in [-0.05, 0) is 19.3 Å². The number of fused-ring (bicyclic) bond motifs is 2. The molecule has 0 radical (unpaired) electrons. The summed E-state index contributed by atoms with van der Waals surface area (Å²) in [6, 6.07) is 3.87. The quantitative estimate of drug-likeness (QED) is 0.845. The molecule has 0 saturated heterocycles. The zero-order valence-electron chi connectivity index (χ0n) is 13.5. The summed E-state index contributed by atoms with van der Waals surface area (Å²) in [6.45, 7) is 5.19. The molecule has 6 nitrogen and oxygen atoms in total. The van der Waals surface area contributed by atoms with Crippen LogP contribution in [0, 0.1) is 0 Å². The van der Waals surface area contributed by atoms with Gasteiger partial charge in [0.2, 0.25) is 6.79 Å². The van der Waals surface area contributed by atoms with Crippen LogP contribution >= 0.6 is 0 Å². The minimum Gasteiger partial charge on any atom is -0.481 e. The predicted octanol–water partition coefficient (Wildman–Crippen LogP) is 3.53. The van der Waals surface area contributed by atoms with Crippen LogP contribution in [0.3, 0.4) is 0 Å². The Balaban J connectivity index is 2.03. The van der Waals surface area contributed by atoms with Crippen LogP contribution in [-0.4, -0.2) is 27.4 Å². The molecule has 0 fully saturated rings. The van der Waals surface area contributed by atoms with Gasteiger partial charge >= 0.3 is 5.97 Å². The van der Waals surface area contributed by atoms with Crippen molar-refractivity contribution in [3.63, 3.8) is 0 Å². The van der Waals surface area contributed by atoms with Gasteiger partial charge in [0.05, 0.1) is 11.0 Å². The normalized spacial score (nSPS) is 13.2. The van der Waals surface area contributed by atoms with E-state index >= 15 is 0 Å². The molecule has 1 N–H and O–H groups in total. The van der Waals surface area contributed by atoms with E-state index in [0.29, 0.717) is 18.9 Å². The van der Waals surface area contributed by atoms with E-state index in [1.807, 2.05) is 12.1 Å². The fourth-order valence-electron chi connectivity index (χ4n) is 3.12. The lowest BCUT2D eigenvalue weighted by atomic mass is 10.0.